The Hall–Kier alpha value is -3.90. The van der Waals surface area contributed by atoms with E-state index in [0.717, 1.165) is 23.1 Å². The summed E-state index contributed by atoms with van der Waals surface area (Å²) in [6, 6.07) is 22.3. The normalized spacial score (nSPS) is 17.0. The summed E-state index contributed by atoms with van der Waals surface area (Å²) in [6.45, 7) is 5.52. The summed E-state index contributed by atoms with van der Waals surface area (Å²) in [4.78, 5) is 29.8. The predicted molar refractivity (Wildman–Crippen MR) is 145 cm³/mol. The molecular weight excluding hydrogens is 464 g/mol. The summed E-state index contributed by atoms with van der Waals surface area (Å²) in [5.74, 6) is -0.789. The lowest BCUT2D eigenvalue weighted by Crippen LogP contribution is -2.35. The first-order valence-electron chi connectivity index (χ1n) is 12.6. The van der Waals surface area contributed by atoms with Gasteiger partial charge < -0.3 is 19.6 Å². The molecule has 1 atom stereocenters. The van der Waals surface area contributed by atoms with Crippen LogP contribution in [0.4, 0.5) is 0 Å². The summed E-state index contributed by atoms with van der Waals surface area (Å²) in [5, 5.41) is 11.3. The highest BCUT2D eigenvalue weighted by molar-refractivity contribution is 6.46. The molecule has 0 aromatic heterocycles. The van der Waals surface area contributed by atoms with Gasteiger partial charge in [-0.1, -0.05) is 61.0 Å². The number of aliphatic hydroxyl groups excluding tert-OH is 1. The first-order valence-corrected chi connectivity index (χ1v) is 12.6. The second-order valence-corrected chi connectivity index (χ2v) is 9.69. The van der Waals surface area contributed by atoms with E-state index in [1.165, 1.54) is 5.56 Å². The van der Waals surface area contributed by atoms with E-state index in [1.807, 2.05) is 68.4 Å². The summed E-state index contributed by atoms with van der Waals surface area (Å²) in [7, 11) is 3.84. The molecule has 0 bridgehead atoms. The molecule has 3 aromatic rings. The molecule has 192 valence electrons. The Morgan fingerprint density at radius 1 is 0.973 bits per heavy atom. The van der Waals surface area contributed by atoms with Crippen molar-refractivity contribution in [2.75, 3.05) is 27.2 Å². The molecular formula is C31H34N2O4. The molecule has 1 fully saturated rings. The van der Waals surface area contributed by atoms with Crippen molar-refractivity contribution in [2.45, 2.75) is 32.9 Å². The zero-order valence-electron chi connectivity index (χ0n) is 21.9. The number of carbonyl (C=O) groups excluding carboxylic acids is 2. The van der Waals surface area contributed by atoms with Crippen LogP contribution < -0.4 is 4.74 Å². The van der Waals surface area contributed by atoms with Gasteiger partial charge in [0.1, 0.15) is 18.1 Å². The highest BCUT2D eigenvalue weighted by Crippen LogP contribution is 2.39. The van der Waals surface area contributed by atoms with E-state index in [4.69, 9.17) is 4.74 Å². The SMILES string of the molecule is CCc1ccc([C@H]2C(=C(O)c3ccc(OCc4cccc(C)c4)cc3)C(=O)C(=O)N2CCN(C)C)cc1. The molecule has 0 radical (unpaired) electrons. The van der Waals surface area contributed by atoms with Crippen LogP contribution in [-0.4, -0.2) is 53.8 Å². The van der Waals surface area contributed by atoms with Crippen molar-refractivity contribution in [1.82, 2.24) is 9.80 Å². The van der Waals surface area contributed by atoms with E-state index in [-0.39, 0.29) is 11.3 Å². The predicted octanol–water partition coefficient (Wildman–Crippen LogP) is 5.12. The van der Waals surface area contributed by atoms with Crippen LogP contribution in [0.1, 0.15) is 40.8 Å². The third-order valence-corrected chi connectivity index (χ3v) is 6.65. The summed E-state index contributed by atoms with van der Waals surface area (Å²) in [6.07, 6.45) is 0.888. The first kappa shape index (κ1) is 26.2. The van der Waals surface area contributed by atoms with Crippen molar-refractivity contribution >= 4 is 17.4 Å². The molecule has 1 saturated heterocycles. The molecule has 0 aliphatic carbocycles. The minimum Gasteiger partial charge on any atom is -0.507 e. The van der Waals surface area contributed by atoms with Gasteiger partial charge in [-0.05, 0) is 68.4 Å². The zero-order chi connectivity index (χ0) is 26.5. The molecule has 0 saturated carbocycles. The van der Waals surface area contributed by atoms with Gasteiger partial charge in [0, 0.05) is 18.7 Å². The van der Waals surface area contributed by atoms with Gasteiger partial charge >= 0.3 is 0 Å². The maximum Gasteiger partial charge on any atom is 0.295 e. The fourth-order valence-electron chi connectivity index (χ4n) is 4.53. The van der Waals surface area contributed by atoms with Crippen molar-refractivity contribution in [3.8, 4) is 5.75 Å². The lowest BCUT2D eigenvalue weighted by Gasteiger charge is -2.26. The van der Waals surface area contributed by atoms with Gasteiger partial charge in [-0.2, -0.15) is 0 Å². The topological polar surface area (TPSA) is 70.1 Å². The number of ketones is 1. The Bertz CT molecular complexity index is 1290. The number of carbonyl (C=O) groups is 2. The minimum atomic E-state index is -0.666. The number of hydrogen-bond donors (Lipinski definition) is 1. The van der Waals surface area contributed by atoms with Gasteiger partial charge in [-0.3, -0.25) is 9.59 Å². The van der Waals surface area contributed by atoms with Gasteiger partial charge in [-0.15, -0.1) is 0 Å². The number of rotatable bonds is 9. The highest BCUT2D eigenvalue weighted by Gasteiger charge is 2.45. The van der Waals surface area contributed by atoms with Crippen LogP contribution in [0, 0.1) is 6.92 Å². The van der Waals surface area contributed by atoms with Crippen molar-refractivity contribution in [3.05, 3.63) is 106 Å². The molecule has 0 unspecified atom stereocenters. The third kappa shape index (κ3) is 5.92. The van der Waals surface area contributed by atoms with Gasteiger partial charge in [0.05, 0.1) is 11.6 Å². The zero-order valence-corrected chi connectivity index (χ0v) is 21.9. The maximum absolute atomic E-state index is 13.2. The largest absolute Gasteiger partial charge is 0.507 e. The van der Waals surface area contributed by atoms with E-state index in [1.54, 1.807) is 29.2 Å². The van der Waals surface area contributed by atoms with Gasteiger partial charge in [-0.25, -0.2) is 0 Å². The lowest BCUT2D eigenvalue weighted by atomic mass is 9.94. The summed E-state index contributed by atoms with van der Waals surface area (Å²) in [5.41, 5.74) is 4.77. The van der Waals surface area contributed by atoms with E-state index in [0.29, 0.717) is 31.0 Å². The minimum absolute atomic E-state index is 0.112. The average molecular weight is 499 g/mol. The molecule has 6 heteroatoms. The van der Waals surface area contributed by atoms with E-state index >= 15 is 0 Å². The second-order valence-electron chi connectivity index (χ2n) is 9.69. The molecule has 6 nitrogen and oxygen atoms in total. The number of aryl methyl sites for hydroxylation is 2. The number of ether oxygens (including phenoxy) is 1. The second kappa shape index (κ2) is 11.4. The van der Waals surface area contributed by atoms with Crippen LogP contribution >= 0.6 is 0 Å². The number of nitrogens with zero attached hydrogens (tertiary/aromatic N) is 2. The Labute approximate surface area is 218 Å². The molecule has 3 aromatic carbocycles. The fraction of sp³-hybridized carbons (Fsp3) is 0.290. The number of aliphatic hydroxyl groups is 1. The quantitative estimate of drug-likeness (QED) is 0.252. The van der Waals surface area contributed by atoms with E-state index < -0.39 is 17.7 Å². The highest BCUT2D eigenvalue weighted by atomic mass is 16.5. The van der Waals surface area contributed by atoms with E-state index in [9.17, 15) is 14.7 Å². The summed E-state index contributed by atoms with van der Waals surface area (Å²) >= 11 is 0. The van der Waals surface area contributed by atoms with E-state index in [2.05, 4.69) is 13.0 Å². The number of Topliss-reactive ketones (excluding diaryl/α,β-unsaturated/α-hetero) is 1. The molecule has 0 spiro atoms. The molecule has 37 heavy (non-hydrogen) atoms. The Kier molecular flexibility index (Phi) is 8.09. The number of hydrogen-bond acceptors (Lipinski definition) is 5. The molecule has 1 N–H and O–H groups in total. The molecule has 1 amide bonds. The fourth-order valence-corrected chi connectivity index (χ4v) is 4.53. The number of amides is 1. The molecule has 1 aliphatic heterocycles. The van der Waals surface area contributed by atoms with Crippen LogP contribution in [0.25, 0.3) is 5.76 Å². The lowest BCUT2D eigenvalue weighted by molar-refractivity contribution is -0.140. The van der Waals surface area contributed by atoms with Crippen LogP contribution in [0.3, 0.4) is 0 Å². The van der Waals surface area contributed by atoms with Crippen molar-refractivity contribution in [2.24, 2.45) is 0 Å². The van der Waals surface area contributed by atoms with Crippen molar-refractivity contribution in [3.63, 3.8) is 0 Å². The van der Waals surface area contributed by atoms with Crippen LogP contribution in [0.2, 0.25) is 0 Å². The standard InChI is InChI=1S/C31H34N2O4/c1-5-22-9-11-24(12-10-22)28-27(30(35)31(36)33(28)18-17-32(3)4)29(34)25-13-15-26(16-14-25)37-20-23-8-6-7-21(2)19-23/h6-16,19,28,34H,5,17-18,20H2,1-4H3/t28-/m0/s1. The van der Waals surface area contributed by atoms with Gasteiger partial charge in [0.25, 0.3) is 11.7 Å². The summed E-state index contributed by atoms with van der Waals surface area (Å²) < 4.78 is 5.90. The number of likely N-dealkylation sites (tertiary alicyclic amines) is 1. The number of benzene rings is 3. The number of likely N-dealkylation sites (N-methyl/N-ethyl adjacent to an activating group) is 1. The first-order chi connectivity index (χ1) is 17.8. The third-order valence-electron chi connectivity index (χ3n) is 6.65. The monoisotopic (exact) mass is 498 g/mol. The van der Waals surface area contributed by atoms with Gasteiger partial charge in [0.15, 0.2) is 0 Å². The van der Waals surface area contributed by atoms with Crippen molar-refractivity contribution in [1.29, 1.82) is 0 Å². The smallest absolute Gasteiger partial charge is 0.295 e. The Morgan fingerprint density at radius 3 is 2.30 bits per heavy atom. The molecule has 1 aliphatic rings. The Balaban J connectivity index is 1.64. The van der Waals surface area contributed by atoms with Crippen molar-refractivity contribution < 1.29 is 19.4 Å². The van der Waals surface area contributed by atoms with Crippen LogP contribution in [0.15, 0.2) is 78.4 Å². The van der Waals surface area contributed by atoms with Crippen LogP contribution in [-0.2, 0) is 22.6 Å². The molecule has 4 rings (SSSR count). The van der Waals surface area contributed by atoms with Crippen LogP contribution in [0.5, 0.6) is 5.75 Å². The Morgan fingerprint density at radius 2 is 1.68 bits per heavy atom. The van der Waals surface area contributed by atoms with Gasteiger partial charge in [0.2, 0.25) is 0 Å². The average Bonchev–Trinajstić information content (AvgIpc) is 3.15. The maximum atomic E-state index is 13.2. The molecule has 1 heterocycles.